The molecule has 3 aromatic rings. The first-order chi connectivity index (χ1) is 12.6. The second-order valence-electron chi connectivity index (χ2n) is 6.39. The Hall–Kier alpha value is -2.60. The first-order valence-corrected chi connectivity index (χ1v) is 9.48. The fourth-order valence-electron chi connectivity index (χ4n) is 3.25. The number of carbonyl (C=O) groups excluding carboxylic acids is 1. The SMILES string of the molecule is CC(Sc1nnc(-c2ccccc2)o1)C(=O)N1c2ccccc2CC1C. The maximum atomic E-state index is 13.0. The molecule has 1 aliphatic rings. The topological polar surface area (TPSA) is 59.2 Å². The van der Waals surface area contributed by atoms with Crippen molar-refractivity contribution in [2.24, 2.45) is 0 Å². The summed E-state index contributed by atoms with van der Waals surface area (Å²) in [7, 11) is 0. The molecule has 1 aromatic heterocycles. The minimum atomic E-state index is -0.312. The molecule has 2 unspecified atom stereocenters. The molecule has 2 atom stereocenters. The standard InChI is InChI=1S/C20H19N3O2S/c1-13-12-16-10-6-7-11-17(16)23(13)19(24)14(2)26-20-22-21-18(25-20)15-8-4-3-5-9-15/h3-11,13-14H,12H2,1-2H3. The van der Waals surface area contributed by atoms with E-state index in [1.165, 1.54) is 17.3 Å². The van der Waals surface area contributed by atoms with Crippen LogP contribution in [0.4, 0.5) is 5.69 Å². The van der Waals surface area contributed by atoms with E-state index >= 15 is 0 Å². The molecule has 0 saturated carbocycles. The van der Waals surface area contributed by atoms with Crippen LogP contribution in [0.1, 0.15) is 19.4 Å². The van der Waals surface area contributed by atoms with E-state index in [2.05, 4.69) is 23.2 Å². The van der Waals surface area contributed by atoms with Crippen LogP contribution in [0.15, 0.2) is 64.2 Å². The van der Waals surface area contributed by atoms with Gasteiger partial charge in [-0.05, 0) is 44.0 Å². The van der Waals surface area contributed by atoms with Gasteiger partial charge in [0.05, 0.1) is 5.25 Å². The molecule has 1 amide bonds. The zero-order chi connectivity index (χ0) is 18.1. The monoisotopic (exact) mass is 365 g/mol. The lowest BCUT2D eigenvalue weighted by molar-refractivity contribution is -0.118. The molecule has 0 radical (unpaired) electrons. The molecule has 0 spiro atoms. The van der Waals surface area contributed by atoms with Crippen LogP contribution in [0.25, 0.3) is 11.5 Å². The van der Waals surface area contributed by atoms with Gasteiger partial charge in [-0.2, -0.15) is 0 Å². The third-order valence-electron chi connectivity index (χ3n) is 4.50. The van der Waals surface area contributed by atoms with E-state index in [0.29, 0.717) is 11.1 Å². The quantitative estimate of drug-likeness (QED) is 0.649. The van der Waals surface area contributed by atoms with Crippen LogP contribution in [-0.4, -0.2) is 27.4 Å². The van der Waals surface area contributed by atoms with E-state index in [0.717, 1.165) is 17.7 Å². The average Bonchev–Trinajstić information content (AvgIpc) is 3.25. The first-order valence-electron chi connectivity index (χ1n) is 8.60. The fraction of sp³-hybridized carbons (Fsp3) is 0.250. The second-order valence-corrected chi connectivity index (χ2v) is 7.68. The average molecular weight is 365 g/mol. The van der Waals surface area contributed by atoms with Gasteiger partial charge in [-0.3, -0.25) is 4.79 Å². The Morgan fingerprint density at radius 1 is 1.15 bits per heavy atom. The number of hydrogen-bond acceptors (Lipinski definition) is 5. The second kappa shape index (κ2) is 6.96. The summed E-state index contributed by atoms with van der Waals surface area (Å²) in [5.41, 5.74) is 3.09. The highest BCUT2D eigenvalue weighted by atomic mass is 32.2. The van der Waals surface area contributed by atoms with Crippen molar-refractivity contribution in [1.82, 2.24) is 10.2 Å². The minimum absolute atomic E-state index is 0.0620. The Morgan fingerprint density at radius 3 is 2.69 bits per heavy atom. The molecule has 2 heterocycles. The van der Waals surface area contributed by atoms with Crippen molar-refractivity contribution in [2.75, 3.05) is 4.90 Å². The number of thioether (sulfide) groups is 1. The lowest BCUT2D eigenvalue weighted by atomic mass is 10.1. The largest absolute Gasteiger partial charge is 0.411 e. The Bertz CT molecular complexity index is 926. The van der Waals surface area contributed by atoms with Gasteiger partial charge in [0.1, 0.15) is 0 Å². The molecule has 5 nitrogen and oxygen atoms in total. The molecule has 0 aliphatic carbocycles. The summed E-state index contributed by atoms with van der Waals surface area (Å²) < 4.78 is 5.72. The Labute approximate surface area is 156 Å². The highest BCUT2D eigenvalue weighted by molar-refractivity contribution is 8.00. The van der Waals surface area contributed by atoms with Crippen molar-refractivity contribution in [1.29, 1.82) is 0 Å². The number of nitrogens with zero attached hydrogens (tertiary/aromatic N) is 3. The zero-order valence-electron chi connectivity index (χ0n) is 14.6. The zero-order valence-corrected chi connectivity index (χ0v) is 15.4. The molecule has 132 valence electrons. The van der Waals surface area contributed by atoms with Gasteiger partial charge >= 0.3 is 0 Å². The van der Waals surface area contributed by atoms with Crippen LogP contribution in [0.5, 0.6) is 0 Å². The summed E-state index contributed by atoms with van der Waals surface area (Å²) in [5, 5.41) is 8.26. The molecule has 0 bridgehead atoms. The number of para-hydroxylation sites is 1. The van der Waals surface area contributed by atoms with Crippen molar-refractivity contribution < 1.29 is 9.21 Å². The lowest BCUT2D eigenvalue weighted by Crippen LogP contribution is -2.40. The number of anilines is 1. The third-order valence-corrected chi connectivity index (χ3v) is 5.42. The minimum Gasteiger partial charge on any atom is -0.411 e. The van der Waals surface area contributed by atoms with Crippen molar-refractivity contribution in [3.05, 3.63) is 60.2 Å². The number of hydrogen-bond donors (Lipinski definition) is 0. The maximum absolute atomic E-state index is 13.0. The number of aromatic nitrogens is 2. The summed E-state index contributed by atoms with van der Waals surface area (Å²) >= 11 is 1.30. The van der Waals surface area contributed by atoms with Crippen molar-refractivity contribution >= 4 is 23.4 Å². The highest BCUT2D eigenvalue weighted by Gasteiger charge is 2.34. The fourth-order valence-corrected chi connectivity index (χ4v) is 3.99. The van der Waals surface area contributed by atoms with Crippen molar-refractivity contribution in [3.8, 4) is 11.5 Å². The summed E-state index contributed by atoms with van der Waals surface area (Å²) in [6, 6.07) is 17.8. The number of benzene rings is 2. The Kier molecular flexibility index (Phi) is 4.51. The predicted octanol–water partition coefficient (Wildman–Crippen LogP) is 4.20. The molecular weight excluding hydrogens is 346 g/mol. The Balaban J connectivity index is 1.50. The van der Waals surface area contributed by atoms with Crippen molar-refractivity contribution in [3.63, 3.8) is 0 Å². The number of rotatable bonds is 4. The molecule has 6 heteroatoms. The number of fused-ring (bicyclic) bond motifs is 1. The van der Waals surface area contributed by atoms with E-state index < -0.39 is 0 Å². The number of amides is 1. The lowest BCUT2D eigenvalue weighted by Gasteiger charge is -2.25. The van der Waals surface area contributed by atoms with Crippen LogP contribution in [-0.2, 0) is 11.2 Å². The van der Waals surface area contributed by atoms with Crippen LogP contribution in [0.3, 0.4) is 0 Å². The van der Waals surface area contributed by atoms with Gasteiger partial charge in [-0.25, -0.2) is 0 Å². The van der Waals surface area contributed by atoms with Crippen molar-refractivity contribution in [2.45, 2.75) is 36.8 Å². The normalized spacial score (nSPS) is 17.2. The summed E-state index contributed by atoms with van der Waals surface area (Å²) in [5.74, 6) is 0.527. The third kappa shape index (κ3) is 3.12. The van der Waals surface area contributed by atoms with Gasteiger partial charge in [0, 0.05) is 17.3 Å². The van der Waals surface area contributed by atoms with Gasteiger partial charge in [0.2, 0.25) is 11.8 Å². The molecule has 0 N–H and O–H groups in total. The first kappa shape index (κ1) is 16.8. The predicted molar refractivity (Wildman–Crippen MR) is 102 cm³/mol. The molecule has 4 rings (SSSR count). The molecule has 2 aromatic carbocycles. The van der Waals surface area contributed by atoms with Crippen LogP contribution in [0.2, 0.25) is 0 Å². The molecule has 0 saturated heterocycles. The van der Waals surface area contributed by atoms with Gasteiger partial charge in [-0.15, -0.1) is 10.2 Å². The maximum Gasteiger partial charge on any atom is 0.277 e. The molecular formula is C20H19N3O2S. The van der Waals surface area contributed by atoms with Gasteiger partial charge in [-0.1, -0.05) is 48.2 Å². The van der Waals surface area contributed by atoms with E-state index in [1.54, 1.807) is 0 Å². The van der Waals surface area contributed by atoms with Gasteiger partial charge in [0.15, 0.2) is 0 Å². The van der Waals surface area contributed by atoms with E-state index in [9.17, 15) is 4.79 Å². The van der Waals surface area contributed by atoms with Gasteiger partial charge < -0.3 is 9.32 Å². The smallest absolute Gasteiger partial charge is 0.277 e. The van der Waals surface area contributed by atoms with Crippen LogP contribution in [0, 0.1) is 0 Å². The summed E-state index contributed by atoms with van der Waals surface area (Å²) in [6.45, 7) is 3.96. The summed E-state index contributed by atoms with van der Waals surface area (Å²) in [4.78, 5) is 14.9. The van der Waals surface area contributed by atoms with Crippen LogP contribution >= 0.6 is 11.8 Å². The Morgan fingerprint density at radius 2 is 1.88 bits per heavy atom. The molecule has 0 fully saturated rings. The van der Waals surface area contributed by atoms with Gasteiger partial charge in [0.25, 0.3) is 5.22 Å². The summed E-state index contributed by atoms with van der Waals surface area (Å²) in [6.07, 6.45) is 0.887. The van der Waals surface area contributed by atoms with Crippen LogP contribution < -0.4 is 4.90 Å². The van der Waals surface area contributed by atoms with E-state index in [1.807, 2.05) is 60.4 Å². The molecule has 1 aliphatic heterocycles. The highest BCUT2D eigenvalue weighted by Crippen LogP contribution is 2.35. The van der Waals surface area contributed by atoms with E-state index in [4.69, 9.17) is 4.42 Å². The molecule has 26 heavy (non-hydrogen) atoms. The van der Waals surface area contributed by atoms with E-state index in [-0.39, 0.29) is 17.2 Å². The number of carbonyl (C=O) groups is 1.